The van der Waals surface area contributed by atoms with Crippen LogP contribution in [0.4, 0.5) is 4.39 Å². The number of aliphatic hydroxyl groups is 1. The van der Waals surface area contributed by atoms with Gasteiger partial charge in [-0.1, -0.05) is 13.0 Å². The summed E-state index contributed by atoms with van der Waals surface area (Å²) in [6.07, 6.45) is 1.65. The molecular formula is C16H21FN2O2. The Balaban J connectivity index is 1.83. The Morgan fingerprint density at radius 1 is 1.48 bits per heavy atom. The summed E-state index contributed by atoms with van der Waals surface area (Å²) < 4.78 is 18.8. The molecule has 1 aliphatic heterocycles. The second kappa shape index (κ2) is 7.39. The van der Waals surface area contributed by atoms with Crippen LogP contribution in [-0.2, 0) is 0 Å². The molecule has 0 spiro atoms. The fourth-order valence-electron chi connectivity index (χ4n) is 2.51. The first-order chi connectivity index (χ1) is 10.1. The third-order valence-corrected chi connectivity index (χ3v) is 3.86. The van der Waals surface area contributed by atoms with Crippen LogP contribution in [0, 0.1) is 23.1 Å². The van der Waals surface area contributed by atoms with Gasteiger partial charge in [-0.05, 0) is 44.0 Å². The Kier molecular flexibility index (Phi) is 5.54. The number of halogens is 1. The van der Waals surface area contributed by atoms with Crippen molar-refractivity contribution in [3.63, 3.8) is 0 Å². The van der Waals surface area contributed by atoms with Crippen molar-refractivity contribution < 1.29 is 14.2 Å². The molecule has 0 bridgehead atoms. The van der Waals surface area contributed by atoms with Crippen molar-refractivity contribution in [1.82, 2.24) is 4.90 Å². The van der Waals surface area contributed by atoms with E-state index in [0.29, 0.717) is 6.54 Å². The number of likely N-dealkylation sites (tertiary alicyclic amines) is 1. The van der Waals surface area contributed by atoms with Crippen molar-refractivity contribution in [2.24, 2.45) is 5.92 Å². The Morgan fingerprint density at radius 3 is 2.86 bits per heavy atom. The molecule has 1 aliphatic rings. The fraction of sp³-hybridized carbons (Fsp3) is 0.562. The third kappa shape index (κ3) is 4.42. The summed E-state index contributed by atoms with van der Waals surface area (Å²) in [5.74, 6) is 0.332. The molecule has 1 atom stereocenters. The average Bonchev–Trinajstić information content (AvgIpc) is 2.47. The predicted molar refractivity (Wildman–Crippen MR) is 77.5 cm³/mol. The largest absolute Gasteiger partial charge is 0.489 e. The van der Waals surface area contributed by atoms with Gasteiger partial charge in [0.25, 0.3) is 0 Å². The first-order valence-electron chi connectivity index (χ1n) is 7.32. The molecule has 1 aromatic carbocycles. The maximum atomic E-state index is 13.4. The summed E-state index contributed by atoms with van der Waals surface area (Å²) in [5, 5.41) is 18.9. The molecule has 1 N–H and O–H groups in total. The highest BCUT2D eigenvalue weighted by Gasteiger charge is 2.19. The smallest absolute Gasteiger partial charge is 0.144 e. The lowest BCUT2D eigenvalue weighted by molar-refractivity contribution is 0.0561. The zero-order valence-electron chi connectivity index (χ0n) is 12.3. The van der Waals surface area contributed by atoms with Gasteiger partial charge in [0.1, 0.15) is 35.9 Å². The monoisotopic (exact) mass is 292 g/mol. The Morgan fingerprint density at radius 2 is 2.19 bits per heavy atom. The van der Waals surface area contributed by atoms with Gasteiger partial charge in [0.15, 0.2) is 0 Å². The van der Waals surface area contributed by atoms with Crippen molar-refractivity contribution in [2.45, 2.75) is 25.9 Å². The van der Waals surface area contributed by atoms with Gasteiger partial charge in [0.2, 0.25) is 0 Å². The molecule has 5 heteroatoms. The van der Waals surface area contributed by atoms with E-state index in [-0.39, 0.29) is 17.9 Å². The molecule has 0 aliphatic carbocycles. The lowest BCUT2D eigenvalue weighted by Crippen LogP contribution is -2.40. The van der Waals surface area contributed by atoms with Crippen LogP contribution in [0.25, 0.3) is 0 Å². The molecule has 0 saturated carbocycles. The molecule has 1 saturated heterocycles. The molecule has 1 heterocycles. The van der Waals surface area contributed by atoms with E-state index in [2.05, 4.69) is 11.8 Å². The van der Waals surface area contributed by atoms with E-state index >= 15 is 0 Å². The lowest BCUT2D eigenvalue weighted by Gasteiger charge is -2.31. The molecule has 1 unspecified atom stereocenters. The second-order valence-electron chi connectivity index (χ2n) is 5.67. The molecule has 4 nitrogen and oxygen atoms in total. The van der Waals surface area contributed by atoms with E-state index in [1.165, 1.54) is 18.2 Å². The highest BCUT2D eigenvalue weighted by Crippen LogP contribution is 2.21. The number of rotatable bonds is 5. The number of ether oxygens (including phenoxy) is 1. The van der Waals surface area contributed by atoms with Crippen LogP contribution in [0.5, 0.6) is 5.75 Å². The highest BCUT2D eigenvalue weighted by molar-refractivity contribution is 5.43. The first kappa shape index (κ1) is 15.7. The number of benzene rings is 1. The Hall–Kier alpha value is -1.64. The first-order valence-corrected chi connectivity index (χ1v) is 7.32. The summed E-state index contributed by atoms with van der Waals surface area (Å²) in [7, 11) is 0. The van der Waals surface area contributed by atoms with Gasteiger partial charge in [-0.2, -0.15) is 5.26 Å². The van der Waals surface area contributed by atoms with Crippen LogP contribution in [0.15, 0.2) is 18.2 Å². The molecular weight excluding hydrogens is 271 g/mol. The second-order valence-corrected chi connectivity index (χ2v) is 5.67. The van der Waals surface area contributed by atoms with Crippen LogP contribution < -0.4 is 4.74 Å². The zero-order valence-corrected chi connectivity index (χ0v) is 12.3. The minimum Gasteiger partial charge on any atom is -0.489 e. The summed E-state index contributed by atoms with van der Waals surface area (Å²) in [6, 6.07) is 6.03. The average molecular weight is 292 g/mol. The maximum absolute atomic E-state index is 13.4. The van der Waals surface area contributed by atoms with Crippen molar-refractivity contribution in [3.8, 4) is 11.8 Å². The molecule has 114 valence electrons. The van der Waals surface area contributed by atoms with Gasteiger partial charge >= 0.3 is 0 Å². The van der Waals surface area contributed by atoms with Crippen molar-refractivity contribution in [3.05, 3.63) is 29.6 Å². The number of aliphatic hydroxyl groups excluding tert-OH is 1. The van der Waals surface area contributed by atoms with E-state index in [1.54, 1.807) is 6.07 Å². The van der Waals surface area contributed by atoms with Crippen molar-refractivity contribution in [2.75, 3.05) is 26.2 Å². The van der Waals surface area contributed by atoms with Crippen LogP contribution in [0.3, 0.4) is 0 Å². The molecule has 21 heavy (non-hydrogen) atoms. The van der Waals surface area contributed by atoms with Gasteiger partial charge in [0, 0.05) is 6.54 Å². The Labute approximate surface area is 124 Å². The van der Waals surface area contributed by atoms with Crippen LogP contribution >= 0.6 is 0 Å². The summed E-state index contributed by atoms with van der Waals surface area (Å²) in [4.78, 5) is 2.21. The van der Waals surface area contributed by atoms with Gasteiger partial charge in [0.05, 0.1) is 0 Å². The number of β-amino-alcohol motifs (C(OH)–C–C–N with tert-alkyl or cyclic N) is 1. The third-order valence-electron chi connectivity index (χ3n) is 3.86. The maximum Gasteiger partial charge on any atom is 0.144 e. The minimum atomic E-state index is -0.645. The highest BCUT2D eigenvalue weighted by atomic mass is 19.1. The van der Waals surface area contributed by atoms with E-state index in [9.17, 15) is 9.50 Å². The summed E-state index contributed by atoms with van der Waals surface area (Å²) in [5.41, 5.74) is -0.114. The lowest BCUT2D eigenvalue weighted by atomic mass is 9.99. The van der Waals surface area contributed by atoms with E-state index in [1.807, 2.05) is 0 Å². The SMILES string of the molecule is CC1CCN(CC(O)COc2cccc(F)c2C#N)CC1. The molecule has 1 aromatic rings. The van der Waals surface area contributed by atoms with Crippen LogP contribution in [-0.4, -0.2) is 42.4 Å². The number of hydrogen-bond donors (Lipinski definition) is 1. The summed E-state index contributed by atoms with van der Waals surface area (Å²) in [6.45, 7) is 4.82. The number of nitriles is 1. The topological polar surface area (TPSA) is 56.5 Å². The van der Waals surface area contributed by atoms with Gasteiger partial charge < -0.3 is 14.7 Å². The van der Waals surface area contributed by atoms with E-state index in [4.69, 9.17) is 10.00 Å². The van der Waals surface area contributed by atoms with Gasteiger partial charge in [-0.3, -0.25) is 0 Å². The minimum absolute atomic E-state index is 0.0597. The number of piperidine rings is 1. The number of hydrogen-bond acceptors (Lipinski definition) is 4. The standard InChI is InChI=1S/C16H21FN2O2/c1-12-5-7-19(8-6-12)10-13(20)11-21-16-4-2-3-15(17)14(16)9-18/h2-4,12-13,20H,5-8,10-11H2,1H3. The van der Waals surface area contributed by atoms with Gasteiger partial charge in [-0.25, -0.2) is 4.39 Å². The summed E-state index contributed by atoms with van der Waals surface area (Å²) >= 11 is 0. The fourth-order valence-corrected chi connectivity index (χ4v) is 2.51. The zero-order chi connectivity index (χ0) is 15.2. The normalized spacial score (nSPS) is 18.2. The van der Waals surface area contributed by atoms with Crippen LogP contribution in [0.1, 0.15) is 25.3 Å². The van der Waals surface area contributed by atoms with E-state index < -0.39 is 11.9 Å². The molecule has 0 aromatic heterocycles. The Bertz CT molecular complexity index is 507. The molecule has 0 radical (unpaired) electrons. The number of nitrogens with zero attached hydrogens (tertiary/aromatic N) is 2. The van der Waals surface area contributed by atoms with Gasteiger partial charge in [-0.15, -0.1) is 0 Å². The van der Waals surface area contributed by atoms with Crippen molar-refractivity contribution in [1.29, 1.82) is 5.26 Å². The van der Waals surface area contributed by atoms with Crippen molar-refractivity contribution >= 4 is 0 Å². The predicted octanol–water partition coefficient (Wildman–Crippen LogP) is 2.17. The molecule has 2 rings (SSSR count). The van der Waals surface area contributed by atoms with Crippen LogP contribution in [0.2, 0.25) is 0 Å². The molecule has 0 amide bonds. The molecule has 1 fully saturated rings. The quantitative estimate of drug-likeness (QED) is 0.903. The van der Waals surface area contributed by atoms with E-state index in [0.717, 1.165) is 31.8 Å².